The van der Waals surface area contributed by atoms with Gasteiger partial charge in [0, 0.05) is 5.56 Å². The molecule has 4 heteroatoms. The molecule has 2 N–H and O–H groups in total. The third-order valence-electron chi connectivity index (χ3n) is 3.03. The Bertz CT molecular complexity index is 650. The van der Waals surface area contributed by atoms with Crippen molar-refractivity contribution in [2.24, 2.45) is 0 Å². The Balaban J connectivity index is 0.000000868. The Morgan fingerprint density at radius 3 is 2.13 bits per heavy atom. The third kappa shape index (κ3) is 4.95. The fourth-order valence-electron chi connectivity index (χ4n) is 2.20. The van der Waals surface area contributed by atoms with E-state index in [1.807, 2.05) is 27.7 Å². The first kappa shape index (κ1) is 20.9. The van der Waals surface area contributed by atoms with Gasteiger partial charge in [-0.1, -0.05) is 40.3 Å². The Labute approximate surface area is 137 Å². The van der Waals surface area contributed by atoms with E-state index < -0.39 is 11.6 Å². The fourth-order valence-corrected chi connectivity index (χ4v) is 2.20. The molecule has 0 radical (unpaired) electrons. The summed E-state index contributed by atoms with van der Waals surface area (Å²) >= 11 is 0. The summed E-state index contributed by atoms with van der Waals surface area (Å²) in [4.78, 5) is 0. The van der Waals surface area contributed by atoms with Gasteiger partial charge < -0.3 is 10.2 Å². The predicted octanol–water partition coefficient (Wildman–Crippen LogP) is 6.16. The normalized spacial score (nSPS) is 9.74. The number of hydrogen-bond acceptors (Lipinski definition) is 2. The molecule has 0 aromatic heterocycles. The first-order valence-electron chi connectivity index (χ1n) is 7.73. The second-order valence-electron chi connectivity index (χ2n) is 4.88. The average Bonchev–Trinajstić information content (AvgIpc) is 2.51. The number of fused-ring (bicyclic) bond motifs is 1. The van der Waals surface area contributed by atoms with Gasteiger partial charge in [0.1, 0.15) is 5.75 Å². The van der Waals surface area contributed by atoms with Crippen molar-refractivity contribution in [1.82, 2.24) is 0 Å². The first-order valence-corrected chi connectivity index (χ1v) is 7.73. The number of phenols is 2. The molecule has 23 heavy (non-hydrogen) atoms. The maximum Gasteiger partial charge on any atom is 0.172 e. The van der Waals surface area contributed by atoms with Crippen LogP contribution in [-0.2, 0) is 0 Å². The molecule has 0 unspecified atom stereocenters. The molecule has 128 valence electrons. The SMILES string of the molecule is C=Cc1c(F)c(O)cc2cc(O)cc(C(C)C)c12.CC.CCF. The van der Waals surface area contributed by atoms with Crippen LogP contribution >= 0.6 is 0 Å². The topological polar surface area (TPSA) is 40.5 Å². The number of phenolic OH excluding ortho intramolecular Hbond substituents is 2. The van der Waals surface area contributed by atoms with E-state index in [1.165, 1.54) is 25.1 Å². The van der Waals surface area contributed by atoms with Gasteiger partial charge in [0.2, 0.25) is 0 Å². The van der Waals surface area contributed by atoms with E-state index in [0.717, 1.165) is 5.56 Å². The van der Waals surface area contributed by atoms with Gasteiger partial charge in [-0.05, 0) is 47.4 Å². The standard InChI is InChI=1S/C15H15FO2.C2H5F.C2H6/c1-4-11-14-9(6-13(18)15(11)16)5-10(17)7-12(14)8(2)3;1-2-3;1-2/h4-8,17-18H,1H2,2-3H3;2H2,1H3;1-2H3. The fraction of sp³-hybridized carbons (Fsp3) is 0.368. The highest BCUT2D eigenvalue weighted by atomic mass is 19.1. The molecule has 0 aliphatic rings. The molecule has 0 fully saturated rings. The highest BCUT2D eigenvalue weighted by Gasteiger charge is 2.16. The maximum atomic E-state index is 13.9. The van der Waals surface area contributed by atoms with Crippen molar-refractivity contribution < 1.29 is 19.0 Å². The van der Waals surface area contributed by atoms with Crippen LogP contribution in [0.4, 0.5) is 8.78 Å². The molecule has 0 bridgehead atoms. The molecule has 2 aromatic carbocycles. The summed E-state index contributed by atoms with van der Waals surface area (Å²) in [5, 5.41) is 20.5. The van der Waals surface area contributed by atoms with E-state index in [9.17, 15) is 19.0 Å². The van der Waals surface area contributed by atoms with Crippen molar-refractivity contribution in [3.63, 3.8) is 0 Å². The summed E-state index contributed by atoms with van der Waals surface area (Å²) in [6, 6.07) is 4.45. The van der Waals surface area contributed by atoms with E-state index in [-0.39, 0.29) is 23.9 Å². The molecule has 2 nitrogen and oxygen atoms in total. The van der Waals surface area contributed by atoms with Crippen molar-refractivity contribution in [1.29, 1.82) is 0 Å². The van der Waals surface area contributed by atoms with Crippen molar-refractivity contribution in [2.75, 3.05) is 6.67 Å². The molecular formula is C19H26F2O2. The van der Waals surface area contributed by atoms with Crippen LogP contribution in [0.3, 0.4) is 0 Å². The van der Waals surface area contributed by atoms with Crippen molar-refractivity contribution in [3.8, 4) is 11.5 Å². The van der Waals surface area contributed by atoms with E-state index in [0.29, 0.717) is 10.8 Å². The smallest absolute Gasteiger partial charge is 0.172 e. The minimum Gasteiger partial charge on any atom is -0.508 e. The minimum absolute atomic E-state index is 0.104. The van der Waals surface area contributed by atoms with E-state index in [1.54, 1.807) is 6.07 Å². The van der Waals surface area contributed by atoms with Gasteiger partial charge in [-0.15, -0.1) is 0 Å². The van der Waals surface area contributed by atoms with Gasteiger partial charge in [0.15, 0.2) is 11.6 Å². The van der Waals surface area contributed by atoms with Gasteiger partial charge in [0.05, 0.1) is 6.67 Å². The zero-order chi connectivity index (χ0) is 18.2. The van der Waals surface area contributed by atoms with E-state index >= 15 is 0 Å². The lowest BCUT2D eigenvalue weighted by atomic mass is 9.92. The maximum absolute atomic E-state index is 13.9. The Morgan fingerprint density at radius 1 is 1.17 bits per heavy atom. The van der Waals surface area contributed by atoms with Crippen LogP contribution in [0.1, 0.15) is 51.7 Å². The number of rotatable bonds is 2. The van der Waals surface area contributed by atoms with Crippen LogP contribution < -0.4 is 0 Å². The summed E-state index contributed by atoms with van der Waals surface area (Å²) in [7, 11) is 0. The second-order valence-corrected chi connectivity index (χ2v) is 4.88. The summed E-state index contributed by atoms with van der Waals surface area (Å²) in [6.07, 6.45) is 1.39. The number of benzene rings is 2. The molecule has 0 aliphatic carbocycles. The lowest BCUT2D eigenvalue weighted by Gasteiger charge is -2.14. The molecule has 2 aromatic rings. The zero-order valence-corrected chi connectivity index (χ0v) is 14.5. The van der Waals surface area contributed by atoms with Crippen LogP contribution in [0, 0.1) is 5.82 Å². The van der Waals surface area contributed by atoms with Gasteiger partial charge in [0.25, 0.3) is 0 Å². The van der Waals surface area contributed by atoms with Crippen molar-refractivity contribution >= 4 is 16.8 Å². The van der Waals surface area contributed by atoms with Crippen LogP contribution in [-0.4, -0.2) is 16.9 Å². The number of hydrogen-bond donors (Lipinski definition) is 2. The summed E-state index contributed by atoms with van der Waals surface area (Å²) in [5.74, 6) is -0.878. The molecule has 0 spiro atoms. The molecular weight excluding hydrogens is 298 g/mol. The summed E-state index contributed by atoms with van der Waals surface area (Å²) in [5.41, 5.74) is 1.10. The second kappa shape index (κ2) is 9.82. The van der Waals surface area contributed by atoms with E-state index in [4.69, 9.17) is 0 Å². The van der Waals surface area contributed by atoms with Crippen LogP contribution in [0.15, 0.2) is 24.8 Å². The highest BCUT2D eigenvalue weighted by molar-refractivity contribution is 5.96. The monoisotopic (exact) mass is 324 g/mol. The third-order valence-corrected chi connectivity index (χ3v) is 3.03. The average molecular weight is 324 g/mol. The van der Waals surface area contributed by atoms with Gasteiger partial charge in [-0.25, -0.2) is 4.39 Å². The van der Waals surface area contributed by atoms with Gasteiger partial charge in [-0.2, -0.15) is 0 Å². The van der Waals surface area contributed by atoms with Gasteiger partial charge >= 0.3 is 0 Å². The molecule has 0 saturated carbocycles. The Kier molecular flexibility index (Phi) is 8.93. The summed E-state index contributed by atoms with van der Waals surface area (Å²) in [6.45, 7) is 12.7. The van der Waals surface area contributed by atoms with Crippen molar-refractivity contribution in [3.05, 3.63) is 41.7 Å². The Hall–Kier alpha value is -2.10. The molecule has 0 saturated heterocycles. The molecule has 0 heterocycles. The van der Waals surface area contributed by atoms with Crippen LogP contribution in [0.5, 0.6) is 11.5 Å². The molecule has 2 rings (SSSR count). The lowest BCUT2D eigenvalue weighted by Crippen LogP contribution is -1.95. The minimum atomic E-state index is -0.676. The van der Waals surface area contributed by atoms with Gasteiger partial charge in [-0.3, -0.25) is 4.39 Å². The first-order chi connectivity index (χ1) is 10.9. The number of alkyl halides is 1. The zero-order valence-electron chi connectivity index (χ0n) is 14.5. The van der Waals surface area contributed by atoms with Crippen molar-refractivity contribution in [2.45, 2.75) is 40.5 Å². The molecule has 0 atom stereocenters. The van der Waals surface area contributed by atoms with Crippen LogP contribution in [0.25, 0.3) is 16.8 Å². The largest absolute Gasteiger partial charge is 0.508 e. The summed E-state index contributed by atoms with van der Waals surface area (Å²) < 4.78 is 24.2. The Morgan fingerprint density at radius 2 is 1.70 bits per heavy atom. The van der Waals surface area contributed by atoms with E-state index in [2.05, 4.69) is 6.58 Å². The lowest BCUT2D eigenvalue weighted by molar-refractivity contribution is 0.433. The molecule has 0 aliphatic heterocycles. The van der Waals surface area contributed by atoms with Crippen LogP contribution in [0.2, 0.25) is 0 Å². The quantitative estimate of drug-likeness (QED) is 0.694. The number of aromatic hydroxyl groups is 2. The molecule has 0 amide bonds. The predicted molar refractivity (Wildman–Crippen MR) is 94.4 cm³/mol. The number of halogens is 2. The highest BCUT2D eigenvalue weighted by Crippen LogP contribution is 2.37.